The summed E-state index contributed by atoms with van der Waals surface area (Å²) in [5, 5.41) is 6.44. The van der Waals surface area contributed by atoms with Crippen LogP contribution in [0.5, 0.6) is 0 Å². The minimum Gasteiger partial charge on any atom is -0.354 e. The van der Waals surface area contributed by atoms with Gasteiger partial charge in [-0.15, -0.1) is 24.0 Å². The van der Waals surface area contributed by atoms with Gasteiger partial charge in [0.05, 0.1) is 6.54 Å². The minimum atomic E-state index is 0. The number of aromatic nitrogens is 1. The van der Waals surface area contributed by atoms with Crippen LogP contribution in [0.3, 0.4) is 0 Å². The summed E-state index contributed by atoms with van der Waals surface area (Å²) in [6.07, 6.45) is 7.31. The van der Waals surface area contributed by atoms with Crippen molar-refractivity contribution < 1.29 is 4.79 Å². The number of halogens is 1. The molecule has 0 fully saturated rings. The van der Waals surface area contributed by atoms with Crippen molar-refractivity contribution in [3.05, 3.63) is 30.1 Å². The van der Waals surface area contributed by atoms with Crippen molar-refractivity contribution in [1.29, 1.82) is 0 Å². The quantitative estimate of drug-likeness (QED) is 0.236. The summed E-state index contributed by atoms with van der Waals surface area (Å²) in [6.45, 7) is 5.23. The number of guanidine groups is 1. The second kappa shape index (κ2) is 14.8. The predicted molar refractivity (Wildman–Crippen MR) is 119 cm³/mol. The normalized spacial score (nSPS) is 12.1. The van der Waals surface area contributed by atoms with Crippen LogP contribution in [-0.2, 0) is 11.2 Å². The van der Waals surface area contributed by atoms with Gasteiger partial charge in [-0.1, -0.05) is 32.3 Å². The number of carbonyl (C=O) groups is 1. The first-order chi connectivity index (χ1) is 12.1. The summed E-state index contributed by atoms with van der Waals surface area (Å²) in [5.74, 6) is 0.716. The third kappa shape index (κ3) is 10.6. The van der Waals surface area contributed by atoms with E-state index in [4.69, 9.17) is 0 Å². The molecule has 1 aromatic heterocycles. The smallest absolute Gasteiger partial charge is 0.241 e. The molecular formula is C19H34IN5O. The number of amides is 1. The van der Waals surface area contributed by atoms with Gasteiger partial charge in [0.1, 0.15) is 0 Å². The Morgan fingerprint density at radius 3 is 2.73 bits per heavy atom. The standard InChI is InChI=1S/C19H33N5O.HI/c1-5-6-7-10-16(2)23-19(20-3)22-15-18(25)24(4)14-12-17-11-8-9-13-21-17;/h8-9,11,13,16H,5-7,10,12,14-15H2,1-4H3,(H2,20,22,23);1H. The largest absolute Gasteiger partial charge is 0.354 e. The molecule has 1 amide bonds. The molecule has 1 aromatic rings. The summed E-state index contributed by atoms with van der Waals surface area (Å²) in [7, 11) is 3.54. The van der Waals surface area contributed by atoms with Crippen molar-refractivity contribution in [3.63, 3.8) is 0 Å². The van der Waals surface area contributed by atoms with Gasteiger partial charge in [-0.3, -0.25) is 14.8 Å². The lowest BCUT2D eigenvalue weighted by molar-refractivity contribution is -0.128. The van der Waals surface area contributed by atoms with E-state index in [1.165, 1.54) is 19.3 Å². The monoisotopic (exact) mass is 475 g/mol. The van der Waals surface area contributed by atoms with Gasteiger partial charge in [0, 0.05) is 45.0 Å². The molecule has 2 N–H and O–H groups in total. The highest BCUT2D eigenvalue weighted by molar-refractivity contribution is 14.0. The molecule has 1 atom stereocenters. The van der Waals surface area contributed by atoms with Crippen LogP contribution >= 0.6 is 24.0 Å². The molecule has 0 radical (unpaired) electrons. The zero-order chi connectivity index (χ0) is 18.5. The fourth-order valence-corrected chi connectivity index (χ4v) is 2.45. The number of nitrogens with zero attached hydrogens (tertiary/aromatic N) is 3. The van der Waals surface area contributed by atoms with Gasteiger partial charge in [-0.05, 0) is 25.5 Å². The van der Waals surface area contributed by atoms with Crippen LogP contribution < -0.4 is 10.6 Å². The summed E-state index contributed by atoms with van der Waals surface area (Å²) in [4.78, 5) is 22.4. The number of unbranched alkanes of at least 4 members (excludes halogenated alkanes) is 2. The van der Waals surface area contributed by atoms with Crippen LogP contribution in [0.25, 0.3) is 0 Å². The lowest BCUT2D eigenvalue weighted by Gasteiger charge is -2.20. The molecule has 1 unspecified atom stereocenters. The first kappa shape index (κ1) is 24.6. The van der Waals surface area contributed by atoms with Crippen LogP contribution in [0.4, 0.5) is 0 Å². The van der Waals surface area contributed by atoms with E-state index in [1.807, 2.05) is 25.2 Å². The Morgan fingerprint density at radius 2 is 2.12 bits per heavy atom. The molecule has 0 aliphatic heterocycles. The van der Waals surface area contributed by atoms with Gasteiger partial charge in [-0.25, -0.2) is 0 Å². The SMILES string of the molecule is CCCCCC(C)NC(=NC)NCC(=O)N(C)CCc1ccccn1.I. The number of hydrogen-bond donors (Lipinski definition) is 2. The molecule has 0 bridgehead atoms. The van der Waals surface area contributed by atoms with E-state index in [2.05, 4.69) is 34.5 Å². The highest BCUT2D eigenvalue weighted by Crippen LogP contribution is 2.02. The molecule has 7 heteroatoms. The first-order valence-electron chi connectivity index (χ1n) is 9.17. The summed E-state index contributed by atoms with van der Waals surface area (Å²) in [6, 6.07) is 6.17. The van der Waals surface area contributed by atoms with E-state index in [-0.39, 0.29) is 36.4 Å². The van der Waals surface area contributed by atoms with Crippen molar-refractivity contribution in [3.8, 4) is 0 Å². The van der Waals surface area contributed by atoms with E-state index in [0.29, 0.717) is 18.5 Å². The maximum Gasteiger partial charge on any atom is 0.241 e. The van der Waals surface area contributed by atoms with Crippen LogP contribution in [0.15, 0.2) is 29.4 Å². The average molecular weight is 475 g/mol. The van der Waals surface area contributed by atoms with Gasteiger partial charge in [0.2, 0.25) is 5.91 Å². The highest BCUT2D eigenvalue weighted by Gasteiger charge is 2.11. The number of nitrogens with one attached hydrogen (secondary N) is 2. The topological polar surface area (TPSA) is 69.6 Å². The number of carbonyl (C=O) groups excluding carboxylic acids is 1. The Hall–Kier alpha value is -1.38. The van der Waals surface area contributed by atoms with Crippen molar-refractivity contribution >= 4 is 35.8 Å². The minimum absolute atomic E-state index is 0. The molecule has 0 aromatic carbocycles. The third-order valence-electron chi connectivity index (χ3n) is 4.11. The lowest BCUT2D eigenvalue weighted by atomic mass is 10.1. The second-order valence-electron chi connectivity index (χ2n) is 6.35. The van der Waals surface area contributed by atoms with Gasteiger partial charge in [0.25, 0.3) is 0 Å². The number of aliphatic imine (C=N–C) groups is 1. The zero-order valence-corrected chi connectivity index (χ0v) is 18.8. The van der Waals surface area contributed by atoms with E-state index in [1.54, 1.807) is 18.1 Å². The van der Waals surface area contributed by atoms with Crippen LogP contribution in [0.1, 0.15) is 45.2 Å². The molecule has 26 heavy (non-hydrogen) atoms. The van der Waals surface area contributed by atoms with Crippen LogP contribution in [0, 0.1) is 0 Å². The molecule has 1 heterocycles. The van der Waals surface area contributed by atoms with Crippen molar-refractivity contribution in [2.45, 2.75) is 52.0 Å². The lowest BCUT2D eigenvalue weighted by Crippen LogP contribution is -2.46. The number of pyridine rings is 1. The Kier molecular flexibility index (Phi) is 14.0. The molecule has 0 saturated heterocycles. The van der Waals surface area contributed by atoms with Crippen LogP contribution in [0.2, 0.25) is 0 Å². The van der Waals surface area contributed by atoms with E-state index in [9.17, 15) is 4.79 Å². The molecule has 0 saturated carbocycles. The summed E-state index contributed by atoms with van der Waals surface area (Å²) >= 11 is 0. The number of rotatable bonds is 10. The van der Waals surface area contributed by atoms with E-state index in [0.717, 1.165) is 18.5 Å². The van der Waals surface area contributed by atoms with Crippen molar-refractivity contribution in [1.82, 2.24) is 20.5 Å². The fourth-order valence-electron chi connectivity index (χ4n) is 2.45. The Morgan fingerprint density at radius 1 is 1.35 bits per heavy atom. The van der Waals surface area contributed by atoms with Crippen molar-refractivity contribution in [2.75, 3.05) is 27.2 Å². The molecule has 0 aliphatic rings. The first-order valence-corrected chi connectivity index (χ1v) is 9.17. The summed E-state index contributed by atoms with van der Waals surface area (Å²) < 4.78 is 0. The fraction of sp³-hybridized carbons (Fsp3) is 0.632. The van der Waals surface area contributed by atoms with Crippen molar-refractivity contribution in [2.24, 2.45) is 4.99 Å². The maximum atomic E-state index is 12.2. The maximum absolute atomic E-state index is 12.2. The zero-order valence-electron chi connectivity index (χ0n) is 16.5. The van der Waals surface area contributed by atoms with Crippen LogP contribution in [-0.4, -0.2) is 55.0 Å². The third-order valence-corrected chi connectivity index (χ3v) is 4.11. The second-order valence-corrected chi connectivity index (χ2v) is 6.35. The summed E-state index contributed by atoms with van der Waals surface area (Å²) in [5.41, 5.74) is 0.994. The Bertz CT molecular complexity index is 524. The molecular weight excluding hydrogens is 441 g/mol. The predicted octanol–water partition coefficient (Wildman–Crippen LogP) is 2.83. The van der Waals surface area contributed by atoms with E-state index < -0.39 is 0 Å². The molecule has 0 spiro atoms. The Labute approximate surface area is 175 Å². The van der Waals surface area contributed by atoms with Gasteiger partial charge in [-0.2, -0.15) is 0 Å². The van der Waals surface area contributed by atoms with Gasteiger partial charge >= 0.3 is 0 Å². The molecule has 6 nitrogen and oxygen atoms in total. The molecule has 148 valence electrons. The average Bonchev–Trinajstić information content (AvgIpc) is 2.63. The Balaban J connectivity index is 0.00000625. The number of likely N-dealkylation sites (N-methyl/N-ethyl adjacent to an activating group) is 1. The number of hydrogen-bond acceptors (Lipinski definition) is 3. The van der Waals surface area contributed by atoms with Gasteiger partial charge < -0.3 is 15.5 Å². The molecule has 1 rings (SSSR count). The van der Waals surface area contributed by atoms with Gasteiger partial charge in [0.15, 0.2) is 5.96 Å². The van der Waals surface area contributed by atoms with E-state index >= 15 is 0 Å². The highest BCUT2D eigenvalue weighted by atomic mass is 127. The molecule has 0 aliphatic carbocycles.